The van der Waals surface area contributed by atoms with Crippen molar-refractivity contribution < 1.29 is 29.3 Å². The number of ether oxygens (including phenoxy) is 1. The number of fused-ring (bicyclic) bond motifs is 1. The molecule has 1 aromatic rings. The summed E-state index contributed by atoms with van der Waals surface area (Å²) in [6, 6.07) is 5.29. The van der Waals surface area contributed by atoms with Crippen LogP contribution >= 0.6 is 11.8 Å². The van der Waals surface area contributed by atoms with Crippen LogP contribution in [-0.2, 0) is 9.59 Å². The second-order valence-electron chi connectivity index (χ2n) is 6.66. The molecule has 2 aliphatic heterocycles. The fraction of sp³-hybridized carbons (Fsp3) is 0.471. The third-order valence-electron chi connectivity index (χ3n) is 4.70. The van der Waals surface area contributed by atoms with Crippen LogP contribution in [0, 0.1) is 5.92 Å². The number of carbonyl (C=O) groups excluding carboxylic acids is 2. The number of thioether (sulfide) groups is 1. The fourth-order valence-corrected chi connectivity index (χ4v) is 5.14. The van der Waals surface area contributed by atoms with E-state index < -0.39 is 45.8 Å². The lowest BCUT2D eigenvalue weighted by Crippen LogP contribution is -2.66. The van der Waals surface area contributed by atoms with E-state index in [1.165, 1.54) is 35.9 Å². The summed E-state index contributed by atoms with van der Waals surface area (Å²) in [7, 11) is 1.51. The second-order valence-corrected chi connectivity index (χ2v) is 8.43. The molecule has 1 unspecified atom stereocenters. The average molecular weight is 365 g/mol. The Labute approximate surface area is 149 Å². The number of benzene rings is 1. The minimum atomic E-state index is -1.50. The maximum Gasteiger partial charge on any atom is 0.327 e. The zero-order chi connectivity index (χ0) is 18.5. The Morgan fingerprint density at radius 1 is 1.28 bits per heavy atom. The lowest BCUT2D eigenvalue weighted by atomic mass is 9.85. The van der Waals surface area contributed by atoms with Crippen molar-refractivity contribution in [3.8, 4) is 5.75 Å². The van der Waals surface area contributed by atoms with Gasteiger partial charge in [-0.3, -0.25) is 9.59 Å². The quantitative estimate of drug-likeness (QED) is 0.592. The van der Waals surface area contributed by atoms with Gasteiger partial charge in [0.2, 0.25) is 5.91 Å². The van der Waals surface area contributed by atoms with E-state index in [4.69, 9.17) is 4.74 Å². The largest absolute Gasteiger partial charge is 0.497 e. The van der Waals surface area contributed by atoms with E-state index in [1.54, 1.807) is 26.0 Å². The standard InChI is InChI=1S/C17H19NO6S/c1-17(2)13(16(22)23)18-14(21)10(15(18)25-17)12(20)11(19)8-4-6-9(24-3)7-5-8/h4-7,10,12-13,15,20H,1-3H3,(H,22,23)/t10-,12?,13+,15-/m1/s1. The minimum absolute atomic E-state index is 0.275. The van der Waals surface area contributed by atoms with E-state index in [0.717, 1.165) is 0 Å². The van der Waals surface area contributed by atoms with Gasteiger partial charge in [-0.05, 0) is 38.1 Å². The maximum atomic E-state index is 12.5. The highest BCUT2D eigenvalue weighted by molar-refractivity contribution is 8.01. The molecule has 0 aromatic heterocycles. The minimum Gasteiger partial charge on any atom is -0.497 e. The second kappa shape index (κ2) is 6.03. The topological polar surface area (TPSA) is 104 Å². The number of aliphatic hydroxyl groups is 1. The molecule has 3 rings (SSSR count). The number of hydrogen-bond acceptors (Lipinski definition) is 6. The van der Waals surface area contributed by atoms with E-state index in [9.17, 15) is 24.6 Å². The Morgan fingerprint density at radius 3 is 2.40 bits per heavy atom. The number of carboxylic acids is 1. The first-order chi connectivity index (χ1) is 11.7. The smallest absolute Gasteiger partial charge is 0.327 e. The Morgan fingerprint density at radius 2 is 1.88 bits per heavy atom. The van der Waals surface area contributed by atoms with Crippen LogP contribution < -0.4 is 4.74 Å². The number of hydrogen-bond donors (Lipinski definition) is 2. The highest BCUT2D eigenvalue weighted by Gasteiger charge is 2.65. The van der Waals surface area contributed by atoms with E-state index in [-0.39, 0.29) is 5.56 Å². The predicted octanol–water partition coefficient (Wildman–Crippen LogP) is 1.00. The maximum absolute atomic E-state index is 12.5. The molecule has 2 heterocycles. The van der Waals surface area contributed by atoms with Crippen molar-refractivity contribution in [2.24, 2.45) is 5.92 Å². The molecule has 2 aliphatic rings. The van der Waals surface area contributed by atoms with Gasteiger partial charge in [0, 0.05) is 10.3 Å². The molecule has 0 aliphatic carbocycles. The van der Waals surface area contributed by atoms with Crippen molar-refractivity contribution in [2.75, 3.05) is 7.11 Å². The number of β-lactam (4-membered cyclic amide) rings is 1. The molecule has 8 heteroatoms. The summed E-state index contributed by atoms with van der Waals surface area (Å²) in [5.41, 5.74) is 0.275. The molecule has 0 radical (unpaired) electrons. The monoisotopic (exact) mass is 365 g/mol. The number of aliphatic hydroxyl groups excluding tert-OH is 1. The number of ketones is 1. The number of nitrogens with zero attached hydrogens (tertiary/aromatic N) is 1. The van der Waals surface area contributed by atoms with Crippen LogP contribution in [0.4, 0.5) is 0 Å². The summed E-state index contributed by atoms with van der Waals surface area (Å²) < 4.78 is 4.34. The number of carbonyl (C=O) groups is 3. The summed E-state index contributed by atoms with van der Waals surface area (Å²) in [5, 5.41) is 19.3. The zero-order valence-electron chi connectivity index (χ0n) is 14.0. The highest BCUT2D eigenvalue weighted by Crippen LogP contribution is 2.54. The molecule has 134 valence electrons. The SMILES string of the molecule is COc1ccc(C(=O)C(O)[C@@H]2C(=O)N3[C@@H]2SC(C)(C)[C@@H]3C(=O)O)cc1. The van der Waals surface area contributed by atoms with Crippen LogP contribution in [0.5, 0.6) is 5.75 Å². The van der Waals surface area contributed by atoms with Crippen LogP contribution in [0.3, 0.4) is 0 Å². The van der Waals surface area contributed by atoms with Gasteiger partial charge in [0.1, 0.15) is 23.8 Å². The molecule has 1 aromatic carbocycles. The first-order valence-electron chi connectivity index (χ1n) is 7.78. The van der Waals surface area contributed by atoms with Crippen molar-refractivity contribution in [1.82, 2.24) is 4.90 Å². The molecule has 25 heavy (non-hydrogen) atoms. The van der Waals surface area contributed by atoms with Crippen LogP contribution in [0.15, 0.2) is 24.3 Å². The molecule has 1 amide bonds. The number of amides is 1. The third-order valence-corrected chi connectivity index (χ3v) is 6.29. The number of rotatable bonds is 5. The number of Topliss-reactive ketones (excluding diaryl/α,β-unsaturated/α-hetero) is 1. The zero-order valence-corrected chi connectivity index (χ0v) is 14.8. The average Bonchev–Trinajstić information content (AvgIpc) is 2.82. The van der Waals surface area contributed by atoms with E-state index in [2.05, 4.69) is 0 Å². The first kappa shape index (κ1) is 17.8. The Bertz CT molecular complexity index is 731. The summed E-state index contributed by atoms with van der Waals surface area (Å²) in [5.74, 6) is -2.48. The fourth-order valence-electron chi connectivity index (χ4n) is 3.42. The van der Waals surface area contributed by atoms with Gasteiger partial charge < -0.3 is 19.8 Å². The lowest BCUT2D eigenvalue weighted by Gasteiger charge is -2.45. The van der Waals surface area contributed by atoms with Crippen LogP contribution in [-0.4, -0.2) is 62.1 Å². The van der Waals surface area contributed by atoms with Crippen LogP contribution in [0.2, 0.25) is 0 Å². The van der Waals surface area contributed by atoms with Gasteiger partial charge in [-0.1, -0.05) is 0 Å². The normalized spacial score (nSPS) is 28.1. The molecule has 0 spiro atoms. The van der Waals surface area contributed by atoms with Crippen molar-refractivity contribution in [3.05, 3.63) is 29.8 Å². The summed E-state index contributed by atoms with van der Waals surface area (Å²) in [6.45, 7) is 3.49. The van der Waals surface area contributed by atoms with Gasteiger partial charge in [-0.25, -0.2) is 4.79 Å². The van der Waals surface area contributed by atoms with Crippen molar-refractivity contribution in [2.45, 2.75) is 36.1 Å². The number of carboxylic acid groups (broad SMARTS) is 1. The molecule has 4 atom stereocenters. The van der Waals surface area contributed by atoms with Gasteiger partial charge in [-0.2, -0.15) is 0 Å². The summed E-state index contributed by atoms with van der Waals surface area (Å²) in [4.78, 5) is 37.7. The Hall–Kier alpha value is -2.06. The Balaban J connectivity index is 1.80. The lowest BCUT2D eigenvalue weighted by molar-refractivity contribution is -0.167. The van der Waals surface area contributed by atoms with Gasteiger partial charge in [0.25, 0.3) is 0 Å². The van der Waals surface area contributed by atoms with Gasteiger partial charge >= 0.3 is 5.97 Å². The molecule has 0 saturated carbocycles. The molecule has 2 N–H and O–H groups in total. The van der Waals surface area contributed by atoms with Crippen molar-refractivity contribution >= 4 is 29.4 Å². The molecule has 0 bridgehead atoms. The highest BCUT2D eigenvalue weighted by atomic mass is 32.2. The van der Waals surface area contributed by atoms with Gasteiger partial charge in [0.05, 0.1) is 12.5 Å². The van der Waals surface area contributed by atoms with E-state index >= 15 is 0 Å². The van der Waals surface area contributed by atoms with Gasteiger partial charge in [-0.15, -0.1) is 11.8 Å². The number of methoxy groups -OCH3 is 1. The number of aliphatic carboxylic acids is 1. The first-order valence-corrected chi connectivity index (χ1v) is 8.66. The molecular weight excluding hydrogens is 346 g/mol. The summed E-state index contributed by atoms with van der Waals surface area (Å²) >= 11 is 1.30. The van der Waals surface area contributed by atoms with Crippen LogP contribution in [0.1, 0.15) is 24.2 Å². The Kier molecular flexibility index (Phi) is 4.28. The van der Waals surface area contributed by atoms with Crippen molar-refractivity contribution in [3.63, 3.8) is 0 Å². The molecule has 7 nitrogen and oxygen atoms in total. The van der Waals surface area contributed by atoms with Crippen LogP contribution in [0.25, 0.3) is 0 Å². The summed E-state index contributed by atoms with van der Waals surface area (Å²) in [6.07, 6.45) is -1.50. The molecule has 2 saturated heterocycles. The van der Waals surface area contributed by atoms with Gasteiger partial charge in [0.15, 0.2) is 5.78 Å². The van der Waals surface area contributed by atoms with E-state index in [1.807, 2.05) is 0 Å². The van der Waals surface area contributed by atoms with Crippen molar-refractivity contribution in [1.29, 1.82) is 0 Å². The predicted molar refractivity (Wildman–Crippen MR) is 90.5 cm³/mol. The molecular formula is C17H19NO6S. The van der Waals surface area contributed by atoms with E-state index in [0.29, 0.717) is 5.75 Å². The molecule has 2 fully saturated rings. The third kappa shape index (κ3) is 2.69.